The molecule has 24 heavy (non-hydrogen) atoms. The summed E-state index contributed by atoms with van der Waals surface area (Å²) in [6.07, 6.45) is 6.03. The first kappa shape index (κ1) is 17.1. The van der Waals surface area contributed by atoms with Crippen LogP contribution in [0.1, 0.15) is 42.5 Å². The Kier molecular flexibility index (Phi) is 5.61. The number of carbonyl (C=O) groups excluding carboxylic acids is 1. The van der Waals surface area contributed by atoms with E-state index in [4.69, 9.17) is 9.47 Å². The second kappa shape index (κ2) is 7.88. The molecule has 1 unspecified atom stereocenters. The topological polar surface area (TPSA) is 42.0 Å². The van der Waals surface area contributed by atoms with Gasteiger partial charge in [-0.1, -0.05) is 6.42 Å². The van der Waals surface area contributed by atoms with Crippen molar-refractivity contribution in [2.24, 2.45) is 0 Å². The summed E-state index contributed by atoms with van der Waals surface area (Å²) >= 11 is 0. The lowest BCUT2D eigenvalue weighted by atomic mass is 10.1. The van der Waals surface area contributed by atoms with E-state index in [0.29, 0.717) is 23.1 Å². The van der Waals surface area contributed by atoms with Crippen LogP contribution in [-0.4, -0.2) is 62.1 Å². The van der Waals surface area contributed by atoms with E-state index in [-0.39, 0.29) is 5.91 Å². The molecule has 2 saturated heterocycles. The van der Waals surface area contributed by atoms with Gasteiger partial charge in [0.15, 0.2) is 0 Å². The van der Waals surface area contributed by atoms with E-state index in [1.165, 1.54) is 38.8 Å². The van der Waals surface area contributed by atoms with Crippen molar-refractivity contribution < 1.29 is 14.3 Å². The SMILES string of the molecule is COc1ccc(OC)c(C(=O)N2CCCCC(N3CCCC3)C2)c1. The number of ether oxygens (including phenoxy) is 2. The third kappa shape index (κ3) is 3.66. The molecule has 2 fully saturated rings. The Morgan fingerprint density at radius 1 is 1.04 bits per heavy atom. The van der Waals surface area contributed by atoms with Crippen LogP contribution in [0.5, 0.6) is 11.5 Å². The minimum Gasteiger partial charge on any atom is -0.497 e. The quantitative estimate of drug-likeness (QED) is 0.850. The Labute approximate surface area is 144 Å². The van der Waals surface area contributed by atoms with Crippen LogP contribution in [0.3, 0.4) is 0 Å². The van der Waals surface area contributed by atoms with Gasteiger partial charge in [0.25, 0.3) is 5.91 Å². The number of benzene rings is 1. The Morgan fingerprint density at radius 2 is 1.79 bits per heavy atom. The zero-order valence-electron chi connectivity index (χ0n) is 14.8. The first-order valence-corrected chi connectivity index (χ1v) is 8.98. The van der Waals surface area contributed by atoms with E-state index in [0.717, 1.165) is 19.5 Å². The lowest BCUT2D eigenvalue weighted by Crippen LogP contribution is -2.43. The Bertz CT molecular complexity index is 570. The number of hydrogen-bond acceptors (Lipinski definition) is 4. The molecule has 1 amide bonds. The maximum absolute atomic E-state index is 13.1. The van der Waals surface area contributed by atoms with E-state index in [1.807, 2.05) is 17.0 Å². The van der Waals surface area contributed by atoms with Crippen molar-refractivity contribution in [2.75, 3.05) is 40.4 Å². The monoisotopic (exact) mass is 332 g/mol. The average molecular weight is 332 g/mol. The molecule has 0 aromatic heterocycles. The first-order valence-electron chi connectivity index (χ1n) is 8.98. The van der Waals surface area contributed by atoms with E-state index >= 15 is 0 Å². The van der Waals surface area contributed by atoms with Crippen molar-refractivity contribution in [1.82, 2.24) is 9.80 Å². The lowest BCUT2D eigenvalue weighted by Gasteiger charge is -2.31. The molecule has 2 aliphatic heterocycles. The summed E-state index contributed by atoms with van der Waals surface area (Å²) in [5, 5.41) is 0. The number of hydrogen-bond donors (Lipinski definition) is 0. The zero-order valence-corrected chi connectivity index (χ0v) is 14.8. The zero-order chi connectivity index (χ0) is 16.9. The van der Waals surface area contributed by atoms with Crippen LogP contribution >= 0.6 is 0 Å². The molecule has 5 heteroatoms. The van der Waals surface area contributed by atoms with Crippen LogP contribution in [0.15, 0.2) is 18.2 Å². The normalized spacial score (nSPS) is 22.2. The predicted molar refractivity (Wildman–Crippen MR) is 93.9 cm³/mol. The average Bonchev–Trinajstić information content (AvgIpc) is 3.05. The molecule has 2 aliphatic rings. The number of methoxy groups -OCH3 is 2. The standard InChI is InChI=1S/C19H28N2O3/c1-23-16-8-9-18(24-2)17(13-16)19(22)21-12-4-3-7-15(14-21)20-10-5-6-11-20/h8-9,13,15H,3-7,10-12,14H2,1-2H3. The second-order valence-electron chi connectivity index (χ2n) is 6.71. The van der Waals surface area contributed by atoms with E-state index < -0.39 is 0 Å². The number of nitrogens with zero attached hydrogens (tertiary/aromatic N) is 2. The predicted octanol–water partition coefficient (Wildman–Crippen LogP) is 2.79. The second-order valence-corrected chi connectivity index (χ2v) is 6.71. The van der Waals surface area contributed by atoms with Gasteiger partial charge in [-0.15, -0.1) is 0 Å². The van der Waals surface area contributed by atoms with Crippen molar-refractivity contribution in [1.29, 1.82) is 0 Å². The fourth-order valence-corrected chi connectivity index (χ4v) is 3.86. The number of carbonyl (C=O) groups is 1. The number of amides is 1. The van der Waals surface area contributed by atoms with E-state index in [1.54, 1.807) is 20.3 Å². The molecule has 0 bridgehead atoms. The molecule has 0 saturated carbocycles. The molecule has 2 heterocycles. The first-order chi connectivity index (χ1) is 11.7. The molecular formula is C19H28N2O3. The summed E-state index contributed by atoms with van der Waals surface area (Å²) in [6, 6.07) is 5.92. The molecule has 3 rings (SSSR count). The molecule has 1 atom stereocenters. The van der Waals surface area contributed by atoms with Crippen molar-refractivity contribution >= 4 is 5.91 Å². The molecule has 0 N–H and O–H groups in total. The van der Waals surface area contributed by atoms with Crippen molar-refractivity contribution in [3.8, 4) is 11.5 Å². The Balaban J connectivity index is 1.79. The van der Waals surface area contributed by atoms with Gasteiger partial charge in [-0.3, -0.25) is 9.69 Å². The van der Waals surface area contributed by atoms with Gasteiger partial charge in [-0.05, 0) is 57.0 Å². The highest BCUT2D eigenvalue weighted by Gasteiger charge is 2.29. The molecule has 5 nitrogen and oxygen atoms in total. The molecular weight excluding hydrogens is 304 g/mol. The van der Waals surface area contributed by atoms with Crippen LogP contribution in [-0.2, 0) is 0 Å². The number of rotatable bonds is 4. The van der Waals surface area contributed by atoms with Gasteiger partial charge in [0, 0.05) is 19.1 Å². The minimum atomic E-state index is 0.0526. The molecule has 0 aliphatic carbocycles. The third-order valence-electron chi connectivity index (χ3n) is 5.23. The van der Waals surface area contributed by atoms with Gasteiger partial charge >= 0.3 is 0 Å². The summed E-state index contributed by atoms with van der Waals surface area (Å²) in [5.74, 6) is 1.35. The van der Waals surface area contributed by atoms with Gasteiger partial charge in [0.05, 0.1) is 19.8 Å². The molecule has 0 radical (unpaired) electrons. The van der Waals surface area contributed by atoms with Crippen LogP contribution in [0.2, 0.25) is 0 Å². The lowest BCUT2D eigenvalue weighted by molar-refractivity contribution is 0.0710. The van der Waals surface area contributed by atoms with Crippen LogP contribution in [0, 0.1) is 0 Å². The van der Waals surface area contributed by atoms with Gasteiger partial charge < -0.3 is 14.4 Å². The highest BCUT2D eigenvalue weighted by molar-refractivity contribution is 5.97. The van der Waals surface area contributed by atoms with Crippen molar-refractivity contribution in [2.45, 2.75) is 38.1 Å². The third-order valence-corrected chi connectivity index (χ3v) is 5.23. The van der Waals surface area contributed by atoms with Crippen molar-refractivity contribution in [3.63, 3.8) is 0 Å². The van der Waals surface area contributed by atoms with Crippen LogP contribution in [0.4, 0.5) is 0 Å². The smallest absolute Gasteiger partial charge is 0.257 e. The number of likely N-dealkylation sites (tertiary alicyclic amines) is 2. The summed E-state index contributed by atoms with van der Waals surface area (Å²) in [4.78, 5) is 17.7. The minimum absolute atomic E-state index is 0.0526. The van der Waals surface area contributed by atoms with E-state index in [2.05, 4.69) is 4.90 Å². The molecule has 132 valence electrons. The fraction of sp³-hybridized carbons (Fsp3) is 0.632. The maximum Gasteiger partial charge on any atom is 0.257 e. The molecule has 1 aromatic carbocycles. The molecule has 0 spiro atoms. The van der Waals surface area contributed by atoms with Gasteiger partial charge in [0.2, 0.25) is 0 Å². The van der Waals surface area contributed by atoms with Crippen LogP contribution in [0.25, 0.3) is 0 Å². The summed E-state index contributed by atoms with van der Waals surface area (Å²) in [6.45, 7) is 3.99. The summed E-state index contributed by atoms with van der Waals surface area (Å²) < 4.78 is 10.7. The summed E-state index contributed by atoms with van der Waals surface area (Å²) in [5.41, 5.74) is 0.596. The molecule has 1 aromatic rings. The largest absolute Gasteiger partial charge is 0.497 e. The van der Waals surface area contributed by atoms with E-state index in [9.17, 15) is 4.79 Å². The Morgan fingerprint density at radius 3 is 2.50 bits per heavy atom. The van der Waals surface area contributed by atoms with Crippen molar-refractivity contribution in [3.05, 3.63) is 23.8 Å². The maximum atomic E-state index is 13.1. The Hall–Kier alpha value is -1.75. The highest BCUT2D eigenvalue weighted by Crippen LogP contribution is 2.27. The summed E-state index contributed by atoms with van der Waals surface area (Å²) in [7, 11) is 3.22. The highest BCUT2D eigenvalue weighted by atomic mass is 16.5. The van der Waals surface area contributed by atoms with Gasteiger partial charge in [0.1, 0.15) is 11.5 Å². The van der Waals surface area contributed by atoms with Gasteiger partial charge in [-0.25, -0.2) is 0 Å². The fourth-order valence-electron chi connectivity index (χ4n) is 3.86. The van der Waals surface area contributed by atoms with Crippen LogP contribution < -0.4 is 9.47 Å². The van der Waals surface area contributed by atoms with Gasteiger partial charge in [-0.2, -0.15) is 0 Å².